The smallest absolute Gasteiger partial charge is 0.354 e. The number of aromatic carboxylic acids is 1. The maximum Gasteiger partial charge on any atom is 0.354 e. The number of benzene rings is 1. The van der Waals surface area contributed by atoms with E-state index in [9.17, 15) is 4.79 Å². The zero-order chi connectivity index (χ0) is 13.4. The molecule has 0 fully saturated rings. The molecule has 0 amide bonds. The summed E-state index contributed by atoms with van der Waals surface area (Å²) in [5.74, 6) is 0.356. The molecule has 0 unspecified atom stereocenters. The number of carboxylic acids is 1. The average Bonchev–Trinajstić information content (AvgIpc) is 2.80. The Balaban J connectivity index is 2.02. The minimum atomic E-state index is -1.00. The molecule has 0 atom stereocenters. The van der Waals surface area contributed by atoms with Crippen LogP contribution in [0.25, 0.3) is 11.3 Å². The van der Waals surface area contributed by atoms with Crippen LogP contribution in [0.2, 0.25) is 0 Å². The van der Waals surface area contributed by atoms with Gasteiger partial charge in [-0.25, -0.2) is 4.79 Å². The van der Waals surface area contributed by atoms with E-state index >= 15 is 0 Å². The summed E-state index contributed by atoms with van der Waals surface area (Å²) in [6.45, 7) is 1.05. The molecule has 2 heterocycles. The summed E-state index contributed by atoms with van der Waals surface area (Å²) in [6, 6.07) is 6.98. The number of rotatable bonds is 2. The Morgan fingerprint density at radius 1 is 1.26 bits per heavy atom. The van der Waals surface area contributed by atoms with E-state index in [0.717, 1.165) is 5.56 Å². The van der Waals surface area contributed by atoms with Crippen LogP contribution in [0, 0.1) is 0 Å². The molecule has 3 rings (SSSR count). The summed E-state index contributed by atoms with van der Waals surface area (Å²) in [6.07, 6.45) is 0. The summed E-state index contributed by atoms with van der Waals surface area (Å²) < 4.78 is 12.3. The van der Waals surface area contributed by atoms with Crippen LogP contribution in [0.15, 0.2) is 24.3 Å². The van der Waals surface area contributed by atoms with Gasteiger partial charge in [-0.2, -0.15) is 5.10 Å². The summed E-state index contributed by atoms with van der Waals surface area (Å²) in [5, 5.41) is 13.2. The second-order valence-corrected chi connectivity index (χ2v) is 4.20. The third-order valence-corrected chi connectivity index (χ3v) is 2.94. The van der Waals surface area contributed by atoms with E-state index in [1.165, 1.54) is 10.7 Å². The maximum absolute atomic E-state index is 11.0. The normalized spacial score (nSPS) is 13.3. The molecule has 19 heavy (non-hydrogen) atoms. The molecule has 0 saturated heterocycles. The Kier molecular flexibility index (Phi) is 2.63. The highest BCUT2D eigenvalue weighted by Crippen LogP contribution is 2.34. The minimum Gasteiger partial charge on any atom is -0.486 e. The van der Waals surface area contributed by atoms with Gasteiger partial charge in [0.1, 0.15) is 18.9 Å². The number of hydrogen-bond donors (Lipinski definition) is 1. The highest BCUT2D eigenvalue weighted by molar-refractivity contribution is 5.87. The van der Waals surface area contributed by atoms with Crippen LogP contribution in [0.5, 0.6) is 11.5 Å². The third kappa shape index (κ3) is 2.01. The Hall–Kier alpha value is -2.50. The highest BCUT2D eigenvalue weighted by Gasteiger charge is 2.16. The number of carboxylic acid groups (broad SMARTS) is 1. The molecule has 0 aliphatic carbocycles. The van der Waals surface area contributed by atoms with E-state index in [2.05, 4.69) is 5.10 Å². The minimum absolute atomic E-state index is 0.143. The second-order valence-electron chi connectivity index (χ2n) is 4.20. The van der Waals surface area contributed by atoms with Gasteiger partial charge in [0.15, 0.2) is 11.5 Å². The fourth-order valence-corrected chi connectivity index (χ4v) is 2.01. The average molecular weight is 260 g/mol. The standard InChI is InChI=1S/C13H12N2O4/c1-15-10(13(16)17)7-9(14-15)8-2-3-11-12(6-8)19-5-4-18-11/h2-3,6-7H,4-5H2,1H3,(H,16,17). The van der Waals surface area contributed by atoms with E-state index in [-0.39, 0.29) is 5.69 Å². The molecular weight excluding hydrogens is 248 g/mol. The number of aromatic nitrogens is 2. The number of ether oxygens (including phenoxy) is 2. The first-order valence-corrected chi connectivity index (χ1v) is 5.82. The summed E-state index contributed by atoms with van der Waals surface area (Å²) in [7, 11) is 1.60. The molecule has 2 aromatic rings. The number of aryl methyl sites for hydroxylation is 1. The van der Waals surface area contributed by atoms with E-state index in [4.69, 9.17) is 14.6 Å². The van der Waals surface area contributed by atoms with E-state index in [0.29, 0.717) is 30.4 Å². The lowest BCUT2D eigenvalue weighted by Gasteiger charge is -2.18. The fourth-order valence-electron chi connectivity index (χ4n) is 2.01. The van der Waals surface area contributed by atoms with Crippen molar-refractivity contribution in [3.63, 3.8) is 0 Å². The van der Waals surface area contributed by atoms with Crippen LogP contribution in [0.3, 0.4) is 0 Å². The molecular formula is C13H12N2O4. The Bertz CT molecular complexity index is 648. The maximum atomic E-state index is 11.0. The lowest BCUT2D eigenvalue weighted by atomic mass is 10.1. The highest BCUT2D eigenvalue weighted by atomic mass is 16.6. The Morgan fingerprint density at radius 2 is 2.00 bits per heavy atom. The second kappa shape index (κ2) is 4.31. The molecule has 6 nitrogen and oxygen atoms in total. The first-order valence-electron chi connectivity index (χ1n) is 5.82. The number of nitrogens with zero attached hydrogens (tertiary/aromatic N) is 2. The van der Waals surface area contributed by atoms with Crippen LogP contribution in [-0.4, -0.2) is 34.1 Å². The van der Waals surface area contributed by atoms with Gasteiger partial charge in [-0.1, -0.05) is 0 Å². The van der Waals surface area contributed by atoms with Crippen molar-refractivity contribution in [1.29, 1.82) is 0 Å². The Morgan fingerprint density at radius 3 is 2.68 bits per heavy atom. The third-order valence-electron chi connectivity index (χ3n) is 2.94. The van der Waals surface area contributed by atoms with Gasteiger partial charge in [0.25, 0.3) is 0 Å². The van der Waals surface area contributed by atoms with Gasteiger partial charge in [-0.3, -0.25) is 4.68 Å². The lowest BCUT2D eigenvalue weighted by Crippen LogP contribution is -2.15. The van der Waals surface area contributed by atoms with Crippen molar-refractivity contribution >= 4 is 5.97 Å². The molecule has 6 heteroatoms. The van der Waals surface area contributed by atoms with Crippen LogP contribution in [0.4, 0.5) is 0 Å². The van der Waals surface area contributed by atoms with Crippen molar-refractivity contribution in [2.45, 2.75) is 0 Å². The van der Waals surface area contributed by atoms with Gasteiger partial charge in [0.05, 0.1) is 5.69 Å². The topological polar surface area (TPSA) is 73.6 Å². The van der Waals surface area contributed by atoms with Crippen LogP contribution in [0.1, 0.15) is 10.5 Å². The predicted octanol–water partition coefficient (Wildman–Crippen LogP) is 1.56. The molecule has 1 aromatic heterocycles. The molecule has 0 saturated carbocycles. The predicted molar refractivity (Wildman–Crippen MR) is 66.6 cm³/mol. The van der Waals surface area contributed by atoms with Crippen LogP contribution < -0.4 is 9.47 Å². The molecule has 0 bridgehead atoms. The van der Waals surface area contributed by atoms with E-state index in [1.807, 2.05) is 12.1 Å². The molecule has 1 aromatic carbocycles. The van der Waals surface area contributed by atoms with E-state index < -0.39 is 5.97 Å². The van der Waals surface area contributed by atoms with Crippen LogP contribution in [-0.2, 0) is 7.05 Å². The molecule has 1 aliphatic heterocycles. The zero-order valence-corrected chi connectivity index (χ0v) is 10.3. The van der Waals surface area contributed by atoms with Gasteiger partial charge in [0, 0.05) is 12.6 Å². The van der Waals surface area contributed by atoms with Gasteiger partial charge in [-0.15, -0.1) is 0 Å². The van der Waals surface area contributed by atoms with Gasteiger partial charge < -0.3 is 14.6 Å². The van der Waals surface area contributed by atoms with E-state index in [1.54, 1.807) is 13.1 Å². The first kappa shape index (κ1) is 11.6. The van der Waals surface area contributed by atoms with Crippen molar-refractivity contribution in [3.8, 4) is 22.8 Å². The van der Waals surface area contributed by atoms with Crippen molar-refractivity contribution in [2.75, 3.05) is 13.2 Å². The first-order chi connectivity index (χ1) is 9.15. The SMILES string of the molecule is Cn1nc(-c2ccc3c(c2)OCCO3)cc1C(=O)O. The summed E-state index contributed by atoms with van der Waals surface area (Å²) in [4.78, 5) is 11.0. The van der Waals surface area contributed by atoms with Crippen molar-refractivity contribution in [2.24, 2.45) is 7.05 Å². The molecule has 1 aliphatic rings. The zero-order valence-electron chi connectivity index (χ0n) is 10.3. The van der Waals surface area contributed by atoms with Crippen molar-refractivity contribution < 1.29 is 19.4 Å². The summed E-state index contributed by atoms with van der Waals surface area (Å²) in [5.41, 5.74) is 1.54. The van der Waals surface area contributed by atoms with Gasteiger partial charge in [0.2, 0.25) is 0 Å². The fraction of sp³-hybridized carbons (Fsp3) is 0.231. The molecule has 98 valence electrons. The largest absolute Gasteiger partial charge is 0.486 e. The molecule has 1 N–H and O–H groups in total. The quantitative estimate of drug-likeness (QED) is 0.887. The number of fused-ring (bicyclic) bond motifs is 1. The monoisotopic (exact) mass is 260 g/mol. The van der Waals surface area contributed by atoms with Crippen molar-refractivity contribution in [1.82, 2.24) is 9.78 Å². The lowest BCUT2D eigenvalue weighted by molar-refractivity contribution is 0.0685. The number of hydrogen-bond acceptors (Lipinski definition) is 4. The molecule has 0 spiro atoms. The molecule has 0 radical (unpaired) electrons. The van der Waals surface area contributed by atoms with Gasteiger partial charge in [-0.05, 0) is 24.3 Å². The van der Waals surface area contributed by atoms with Crippen LogP contribution >= 0.6 is 0 Å². The van der Waals surface area contributed by atoms with Gasteiger partial charge >= 0.3 is 5.97 Å². The number of carbonyl (C=O) groups is 1. The summed E-state index contributed by atoms with van der Waals surface area (Å²) >= 11 is 0. The Labute approximate surface area is 109 Å². The van der Waals surface area contributed by atoms with Crippen molar-refractivity contribution in [3.05, 3.63) is 30.0 Å².